The molecule has 1 aromatic carbocycles. The van der Waals surface area contributed by atoms with E-state index in [9.17, 15) is 27.6 Å². The van der Waals surface area contributed by atoms with Crippen molar-refractivity contribution in [2.24, 2.45) is 0 Å². The Kier molecular flexibility index (Phi) is 3.63. The number of hydroxylamine groups is 2. The van der Waals surface area contributed by atoms with Crippen LogP contribution in [-0.4, -0.2) is 59.7 Å². The summed E-state index contributed by atoms with van der Waals surface area (Å²) in [5.41, 5.74) is 0.163. The number of hydrogen-bond donors (Lipinski definition) is 0. The molecule has 9 nitrogen and oxygen atoms in total. The second-order valence-electron chi connectivity index (χ2n) is 5.40. The van der Waals surface area contributed by atoms with Crippen LogP contribution in [0, 0.1) is 0 Å². The van der Waals surface area contributed by atoms with Crippen molar-refractivity contribution in [2.75, 3.05) is 11.6 Å². The molecule has 0 aliphatic carbocycles. The largest absolute Gasteiger partial charge is 0.356 e. The molecular formula is C14H12N2O7S. The van der Waals surface area contributed by atoms with Gasteiger partial charge in [-0.25, -0.2) is 13.2 Å². The van der Waals surface area contributed by atoms with Crippen LogP contribution in [0.5, 0.6) is 0 Å². The highest BCUT2D eigenvalue weighted by molar-refractivity contribution is 7.91. The molecule has 2 aliphatic heterocycles. The van der Waals surface area contributed by atoms with Crippen LogP contribution in [-0.2, 0) is 24.3 Å². The molecule has 0 saturated carbocycles. The van der Waals surface area contributed by atoms with Gasteiger partial charge in [-0.05, 0) is 12.1 Å². The summed E-state index contributed by atoms with van der Waals surface area (Å²) in [6.45, 7) is 1.11. The summed E-state index contributed by atoms with van der Waals surface area (Å²) in [5.74, 6) is -4.64. The number of rotatable bonds is 2. The van der Waals surface area contributed by atoms with Crippen molar-refractivity contribution in [1.82, 2.24) is 9.96 Å². The summed E-state index contributed by atoms with van der Waals surface area (Å²) in [6, 6.07) is 4.53. The highest BCUT2D eigenvalue weighted by atomic mass is 32.2. The van der Waals surface area contributed by atoms with E-state index in [2.05, 4.69) is 0 Å². The molecule has 2 heterocycles. The summed E-state index contributed by atoms with van der Waals surface area (Å²) < 4.78 is 23.3. The molecule has 0 spiro atoms. The molecule has 1 aromatic rings. The van der Waals surface area contributed by atoms with Gasteiger partial charge in [-0.2, -0.15) is 0 Å². The monoisotopic (exact) mass is 352 g/mol. The Morgan fingerprint density at radius 3 is 2.17 bits per heavy atom. The van der Waals surface area contributed by atoms with Crippen LogP contribution >= 0.6 is 0 Å². The van der Waals surface area contributed by atoms with Crippen molar-refractivity contribution in [2.45, 2.75) is 13.0 Å². The average Bonchev–Trinajstić information content (AvgIpc) is 2.97. The number of fused-ring (bicyclic) bond motifs is 1. The molecule has 1 unspecified atom stereocenters. The molecule has 10 heteroatoms. The first kappa shape index (κ1) is 16.1. The van der Waals surface area contributed by atoms with Crippen LogP contribution in [0.1, 0.15) is 27.6 Å². The molecule has 1 fully saturated rings. The van der Waals surface area contributed by atoms with Crippen LogP contribution in [0.4, 0.5) is 0 Å². The van der Waals surface area contributed by atoms with Crippen molar-refractivity contribution in [3.05, 3.63) is 35.4 Å². The Balaban J connectivity index is 1.82. The van der Waals surface area contributed by atoms with Crippen LogP contribution in [0.15, 0.2) is 24.3 Å². The zero-order valence-electron chi connectivity index (χ0n) is 12.5. The molecule has 0 radical (unpaired) electrons. The number of carbonyl (C=O) groups is 4. The first-order chi connectivity index (χ1) is 11.2. The molecule has 1 atom stereocenters. The van der Waals surface area contributed by atoms with Gasteiger partial charge in [-0.3, -0.25) is 14.4 Å². The van der Waals surface area contributed by atoms with Crippen LogP contribution in [0.25, 0.3) is 0 Å². The molecule has 3 rings (SSSR count). The molecule has 126 valence electrons. The molecule has 0 aromatic heterocycles. The summed E-state index contributed by atoms with van der Waals surface area (Å²) in [4.78, 5) is 53.6. The van der Waals surface area contributed by atoms with E-state index in [4.69, 9.17) is 4.84 Å². The van der Waals surface area contributed by atoms with Gasteiger partial charge >= 0.3 is 5.97 Å². The molecule has 0 bridgehead atoms. The highest BCUT2D eigenvalue weighted by Gasteiger charge is 2.46. The van der Waals surface area contributed by atoms with Crippen LogP contribution in [0.2, 0.25) is 0 Å². The predicted octanol–water partition coefficient (Wildman–Crippen LogP) is -0.656. The Hall–Kier alpha value is -2.75. The summed E-state index contributed by atoms with van der Waals surface area (Å²) in [7, 11) is -3.63. The van der Waals surface area contributed by atoms with Crippen molar-refractivity contribution in [3.8, 4) is 0 Å². The number of amides is 3. The molecule has 24 heavy (non-hydrogen) atoms. The van der Waals surface area contributed by atoms with Crippen molar-refractivity contribution in [1.29, 1.82) is 0 Å². The van der Waals surface area contributed by atoms with E-state index in [1.54, 1.807) is 12.1 Å². The van der Waals surface area contributed by atoms with Gasteiger partial charge in [0.1, 0.15) is 11.9 Å². The van der Waals surface area contributed by atoms with Gasteiger partial charge in [0.05, 0.1) is 16.9 Å². The maximum absolute atomic E-state index is 12.2. The smallest absolute Gasteiger partial charge is 0.327 e. The van der Waals surface area contributed by atoms with E-state index >= 15 is 0 Å². The van der Waals surface area contributed by atoms with Crippen molar-refractivity contribution < 1.29 is 32.4 Å². The minimum absolute atomic E-state index is 0.0813. The van der Waals surface area contributed by atoms with E-state index in [0.717, 1.165) is 11.8 Å². The fourth-order valence-corrected chi connectivity index (χ4v) is 4.28. The summed E-state index contributed by atoms with van der Waals surface area (Å²) in [5, 5.41) is 0.288. The van der Waals surface area contributed by atoms with Gasteiger partial charge in [-0.15, -0.1) is 0 Å². The molecule has 0 N–H and O–H groups in total. The number of benzene rings is 1. The molecular weight excluding hydrogens is 340 g/mol. The lowest BCUT2D eigenvalue weighted by molar-refractivity contribution is -0.174. The number of hydrogen-bond acceptors (Lipinski definition) is 7. The number of imide groups is 1. The second kappa shape index (κ2) is 5.41. The maximum atomic E-state index is 12.2. The van der Waals surface area contributed by atoms with E-state index in [-0.39, 0.29) is 16.2 Å². The maximum Gasteiger partial charge on any atom is 0.356 e. The number of sulfone groups is 1. The molecule has 2 aliphatic rings. The van der Waals surface area contributed by atoms with Gasteiger partial charge in [0.25, 0.3) is 11.8 Å². The molecule has 1 saturated heterocycles. The zero-order chi connectivity index (χ0) is 17.6. The lowest BCUT2D eigenvalue weighted by Gasteiger charge is -2.21. The fraction of sp³-hybridized carbons (Fsp3) is 0.286. The van der Waals surface area contributed by atoms with Gasteiger partial charge in [-0.1, -0.05) is 17.2 Å². The van der Waals surface area contributed by atoms with Gasteiger partial charge in [0.2, 0.25) is 5.91 Å². The third-order valence-electron chi connectivity index (χ3n) is 3.74. The van der Waals surface area contributed by atoms with E-state index in [1.807, 2.05) is 0 Å². The predicted molar refractivity (Wildman–Crippen MR) is 78.0 cm³/mol. The van der Waals surface area contributed by atoms with E-state index in [1.165, 1.54) is 12.1 Å². The van der Waals surface area contributed by atoms with Gasteiger partial charge in [0, 0.05) is 6.92 Å². The first-order valence-electron chi connectivity index (χ1n) is 6.88. The lowest BCUT2D eigenvalue weighted by atomic mass is 10.1. The zero-order valence-corrected chi connectivity index (χ0v) is 13.3. The van der Waals surface area contributed by atoms with Crippen molar-refractivity contribution >= 4 is 33.5 Å². The van der Waals surface area contributed by atoms with Crippen LogP contribution in [0.3, 0.4) is 0 Å². The Labute approximate surface area is 136 Å². The fourth-order valence-electron chi connectivity index (χ4n) is 2.59. The normalized spacial score (nSPS) is 21.8. The first-order valence-corrected chi connectivity index (χ1v) is 8.70. The Morgan fingerprint density at radius 2 is 1.67 bits per heavy atom. The number of nitrogens with zero attached hydrogens (tertiary/aromatic N) is 2. The van der Waals surface area contributed by atoms with Crippen LogP contribution < -0.4 is 0 Å². The standard InChI is InChI=1S/C14H12N2O7S/c1-8(17)15-7-24(21,22)6-11(15)14(20)23-16-12(18)9-4-2-3-5-10(9)13(16)19/h2-5,11H,6-7H2,1H3. The Bertz CT molecular complexity index is 842. The Morgan fingerprint density at radius 1 is 1.12 bits per heavy atom. The average molecular weight is 352 g/mol. The molecule has 3 amide bonds. The van der Waals surface area contributed by atoms with E-state index < -0.39 is 51.2 Å². The summed E-state index contributed by atoms with van der Waals surface area (Å²) >= 11 is 0. The minimum Gasteiger partial charge on any atom is -0.327 e. The second-order valence-corrected chi connectivity index (χ2v) is 7.48. The van der Waals surface area contributed by atoms with E-state index in [0.29, 0.717) is 0 Å². The summed E-state index contributed by atoms with van der Waals surface area (Å²) in [6.07, 6.45) is 0. The van der Waals surface area contributed by atoms with Crippen molar-refractivity contribution in [3.63, 3.8) is 0 Å². The quantitative estimate of drug-likeness (QED) is 0.649. The van der Waals surface area contributed by atoms with Gasteiger partial charge < -0.3 is 9.74 Å². The number of carbonyl (C=O) groups excluding carboxylic acids is 4. The minimum atomic E-state index is -3.63. The SMILES string of the molecule is CC(=O)N1CS(=O)(=O)CC1C(=O)ON1C(=O)c2ccccc2C1=O. The lowest BCUT2D eigenvalue weighted by Crippen LogP contribution is -2.45. The highest BCUT2D eigenvalue weighted by Crippen LogP contribution is 2.24. The topological polar surface area (TPSA) is 118 Å². The third kappa shape index (κ3) is 2.54. The van der Waals surface area contributed by atoms with Gasteiger partial charge in [0.15, 0.2) is 9.84 Å². The third-order valence-corrected chi connectivity index (χ3v) is 5.23.